The van der Waals surface area contributed by atoms with Gasteiger partial charge in [-0.3, -0.25) is 14.0 Å². The number of halogens is 2. The van der Waals surface area contributed by atoms with Crippen LogP contribution in [-0.4, -0.2) is 25.1 Å². The van der Waals surface area contributed by atoms with Gasteiger partial charge in [0.05, 0.1) is 17.7 Å². The highest BCUT2D eigenvalue weighted by atomic mass is 32.1. The number of thiazole rings is 1. The third kappa shape index (κ3) is 4.42. The van der Waals surface area contributed by atoms with Gasteiger partial charge in [-0.05, 0) is 37.6 Å². The monoisotopic (exact) mass is 505 g/mol. The summed E-state index contributed by atoms with van der Waals surface area (Å²) in [5.41, 5.74) is 2.52. The van der Waals surface area contributed by atoms with Gasteiger partial charge in [-0.25, -0.2) is 18.4 Å². The normalized spacial score (nSPS) is 11.2. The fourth-order valence-electron chi connectivity index (χ4n) is 4.04. The Morgan fingerprint density at radius 1 is 1.08 bits per heavy atom. The van der Waals surface area contributed by atoms with Crippen LogP contribution in [-0.2, 0) is 17.8 Å². The highest BCUT2D eigenvalue weighted by Crippen LogP contribution is 2.24. The molecule has 0 unspecified atom stereocenters. The Morgan fingerprint density at radius 3 is 2.64 bits per heavy atom. The second-order valence-electron chi connectivity index (χ2n) is 8.34. The van der Waals surface area contributed by atoms with Crippen molar-refractivity contribution in [3.63, 3.8) is 0 Å². The van der Waals surface area contributed by atoms with E-state index >= 15 is 0 Å². The fourth-order valence-corrected chi connectivity index (χ4v) is 4.96. The van der Waals surface area contributed by atoms with Crippen LogP contribution in [0.1, 0.15) is 22.6 Å². The Balaban J connectivity index is 1.49. The Morgan fingerprint density at radius 2 is 1.86 bits per heavy atom. The molecule has 10 heteroatoms. The van der Waals surface area contributed by atoms with Crippen LogP contribution in [0.4, 0.5) is 8.78 Å². The molecular weight excluding hydrogens is 484 g/mol. The molecule has 0 aliphatic heterocycles. The Bertz CT molecular complexity index is 1660. The molecule has 0 atom stereocenters. The van der Waals surface area contributed by atoms with Crippen molar-refractivity contribution in [2.75, 3.05) is 0 Å². The van der Waals surface area contributed by atoms with Gasteiger partial charge in [0.25, 0.3) is 5.56 Å². The molecule has 7 nitrogen and oxygen atoms in total. The summed E-state index contributed by atoms with van der Waals surface area (Å²) in [7, 11) is 0. The molecule has 36 heavy (non-hydrogen) atoms. The topological polar surface area (TPSA) is 81.3 Å². The van der Waals surface area contributed by atoms with E-state index in [0.717, 1.165) is 23.8 Å². The lowest BCUT2D eigenvalue weighted by Gasteiger charge is -2.08. The van der Waals surface area contributed by atoms with Crippen molar-refractivity contribution in [2.24, 2.45) is 0 Å². The highest BCUT2D eigenvalue weighted by Gasteiger charge is 2.21. The molecule has 0 fully saturated rings. The van der Waals surface area contributed by atoms with Gasteiger partial charge < -0.3 is 5.32 Å². The molecule has 1 amide bonds. The van der Waals surface area contributed by atoms with E-state index in [0.29, 0.717) is 28.6 Å². The first-order chi connectivity index (χ1) is 17.3. The van der Waals surface area contributed by atoms with E-state index in [9.17, 15) is 18.4 Å². The lowest BCUT2D eigenvalue weighted by Crippen LogP contribution is -2.27. The van der Waals surface area contributed by atoms with Crippen molar-refractivity contribution in [3.05, 3.63) is 105 Å². The number of benzene rings is 2. The summed E-state index contributed by atoms with van der Waals surface area (Å²) in [6, 6.07) is 14.3. The molecule has 5 rings (SSSR count). The summed E-state index contributed by atoms with van der Waals surface area (Å²) in [5.74, 6) is -1.47. The molecular formula is C26H21F2N5O2S. The third-order valence-corrected chi connectivity index (χ3v) is 6.65. The minimum Gasteiger partial charge on any atom is -0.352 e. The second kappa shape index (κ2) is 9.46. The van der Waals surface area contributed by atoms with Crippen LogP contribution in [0.3, 0.4) is 0 Å². The maximum absolute atomic E-state index is 14.4. The zero-order valence-electron chi connectivity index (χ0n) is 19.5. The van der Waals surface area contributed by atoms with Gasteiger partial charge in [-0.1, -0.05) is 30.3 Å². The van der Waals surface area contributed by atoms with Crippen LogP contribution in [0.2, 0.25) is 0 Å². The number of nitrogens with one attached hydrogen (secondary N) is 1. The molecule has 0 aliphatic carbocycles. The molecule has 0 bridgehead atoms. The maximum atomic E-state index is 14.4. The summed E-state index contributed by atoms with van der Waals surface area (Å²) >= 11 is 1.27. The van der Waals surface area contributed by atoms with Crippen LogP contribution in [0.5, 0.6) is 0 Å². The molecule has 182 valence electrons. The number of rotatable bonds is 6. The first-order valence-electron chi connectivity index (χ1n) is 11.1. The van der Waals surface area contributed by atoms with E-state index in [2.05, 4.69) is 15.4 Å². The molecule has 0 radical (unpaired) electrons. The Labute approximate surface area is 208 Å². The van der Waals surface area contributed by atoms with Crippen LogP contribution in [0.25, 0.3) is 21.9 Å². The van der Waals surface area contributed by atoms with Crippen LogP contribution in [0, 0.1) is 25.5 Å². The first-order valence-corrected chi connectivity index (χ1v) is 12.0. The molecule has 1 N–H and O–H groups in total. The molecule has 0 aliphatic rings. The van der Waals surface area contributed by atoms with Crippen LogP contribution < -0.4 is 10.9 Å². The Hall–Kier alpha value is -4.18. The first kappa shape index (κ1) is 23.6. The van der Waals surface area contributed by atoms with E-state index < -0.39 is 11.6 Å². The second-order valence-corrected chi connectivity index (χ2v) is 9.18. The average Bonchev–Trinajstić information content (AvgIpc) is 3.43. The Kier molecular flexibility index (Phi) is 6.19. The van der Waals surface area contributed by atoms with Crippen molar-refractivity contribution < 1.29 is 13.6 Å². The van der Waals surface area contributed by atoms with Crippen LogP contribution >= 0.6 is 11.3 Å². The number of carbonyl (C=O) groups is 1. The van der Waals surface area contributed by atoms with Crippen molar-refractivity contribution in [3.8, 4) is 16.9 Å². The summed E-state index contributed by atoms with van der Waals surface area (Å²) in [5, 5.41) is 9.00. The summed E-state index contributed by atoms with van der Waals surface area (Å²) in [4.78, 5) is 31.2. The predicted octanol–water partition coefficient (Wildman–Crippen LogP) is 4.36. The molecule has 0 spiro atoms. The molecule has 3 aromatic heterocycles. The number of hydrogen-bond donors (Lipinski definition) is 1. The van der Waals surface area contributed by atoms with Gasteiger partial charge in [0, 0.05) is 29.4 Å². The number of aromatic nitrogens is 4. The van der Waals surface area contributed by atoms with Gasteiger partial charge in [0.1, 0.15) is 23.0 Å². The highest BCUT2D eigenvalue weighted by molar-refractivity contribution is 7.15. The third-order valence-electron chi connectivity index (χ3n) is 5.78. The van der Waals surface area contributed by atoms with Gasteiger partial charge >= 0.3 is 0 Å². The maximum Gasteiger partial charge on any atom is 0.268 e. The molecule has 5 aromatic rings. The number of carbonyl (C=O) groups excluding carboxylic acids is 1. The molecule has 2 aromatic carbocycles. The summed E-state index contributed by atoms with van der Waals surface area (Å²) in [6.07, 6.45) is -0.00110. The predicted molar refractivity (Wildman–Crippen MR) is 133 cm³/mol. The fraction of sp³-hybridized carbons (Fsp3) is 0.154. The quantitative estimate of drug-likeness (QED) is 0.372. The van der Waals surface area contributed by atoms with Gasteiger partial charge in [-0.2, -0.15) is 5.10 Å². The lowest BCUT2D eigenvalue weighted by molar-refractivity contribution is -0.120. The van der Waals surface area contributed by atoms with Crippen molar-refractivity contribution in [2.45, 2.75) is 26.8 Å². The molecule has 0 saturated heterocycles. The zero-order valence-corrected chi connectivity index (χ0v) is 20.3. The van der Waals surface area contributed by atoms with Crippen molar-refractivity contribution in [1.29, 1.82) is 0 Å². The lowest BCUT2D eigenvalue weighted by atomic mass is 10.1. The van der Waals surface area contributed by atoms with Crippen molar-refractivity contribution >= 4 is 22.2 Å². The van der Waals surface area contributed by atoms with E-state index in [-0.39, 0.29) is 34.8 Å². The van der Waals surface area contributed by atoms with Crippen molar-refractivity contribution in [1.82, 2.24) is 24.5 Å². The van der Waals surface area contributed by atoms with Gasteiger partial charge in [0.2, 0.25) is 5.91 Å². The van der Waals surface area contributed by atoms with Gasteiger partial charge in [-0.15, -0.1) is 11.3 Å². The summed E-state index contributed by atoms with van der Waals surface area (Å²) in [6.45, 7) is 3.76. The van der Waals surface area contributed by atoms with E-state index in [1.54, 1.807) is 25.3 Å². The molecule has 0 saturated carbocycles. The van der Waals surface area contributed by atoms with Gasteiger partial charge in [0.15, 0.2) is 4.96 Å². The minimum atomic E-state index is -0.641. The van der Waals surface area contributed by atoms with E-state index in [1.165, 1.54) is 20.4 Å². The zero-order chi connectivity index (χ0) is 25.4. The number of amides is 1. The summed E-state index contributed by atoms with van der Waals surface area (Å²) < 4.78 is 30.8. The standard InChI is InChI=1S/C26H21F2N5O2S/c1-15-10-21(31-33(15)22-11-18(27)8-9-20(22)28)24-16(2)30-26-32(25(24)35)19(14-36-26)12-23(34)29-13-17-6-4-3-5-7-17/h3-11,14H,12-13H2,1-2H3,(H,29,34). The SMILES string of the molecule is Cc1nc2scc(CC(=O)NCc3ccccc3)n2c(=O)c1-c1cc(C)n(-c2cc(F)ccc2F)n1. The number of aryl methyl sites for hydroxylation is 2. The largest absolute Gasteiger partial charge is 0.352 e. The van der Waals surface area contributed by atoms with E-state index in [4.69, 9.17) is 0 Å². The van der Waals surface area contributed by atoms with Crippen LogP contribution in [0.15, 0.2) is 64.8 Å². The molecule has 3 heterocycles. The number of nitrogens with zero attached hydrogens (tertiary/aromatic N) is 4. The number of fused-ring (bicyclic) bond motifs is 1. The average molecular weight is 506 g/mol. The minimum absolute atomic E-state index is 0.00110. The van der Waals surface area contributed by atoms with E-state index in [1.807, 2.05) is 30.3 Å². The smallest absolute Gasteiger partial charge is 0.268 e. The number of hydrogen-bond acceptors (Lipinski definition) is 5.